The van der Waals surface area contributed by atoms with Crippen molar-refractivity contribution in [1.29, 1.82) is 0 Å². The van der Waals surface area contributed by atoms with Crippen LogP contribution < -0.4 is 10.2 Å². The van der Waals surface area contributed by atoms with Gasteiger partial charge in [0.2, 0.25) is 0 Å². The van der Waals surface area contributed by atoms with E-state index >= 15 is 0 Å². The van der Waals surface area contributed by atoms with Gasteiger partial charge in [0.05, 0.1) is 6.10 Å². The quantitative estimate of drug-likeness (QED) is 0.855. The van der Waals surface area contributed by atoms with Gasteiger partial charge in [-0.2, -0.15) is 0 Å². The highest BCUT2D eigenvalue weighted by Gasteiger charge is 2.20. The van der Waals surface area contributed by atoms with Crippen LogP contribution in [0, 0.1) is 0 Å². The number of nitrogens with zero attached hydrogens (tertiary/aromatic N) is 1. The van der Waals surface area contributed by atoms with Crippen LogP contribution in [0.5, 0.6) is 0 Å². The molecule has 2 N–H and O–H groups in total. The van der Waals surface area contributed by atoms with Crippen molar-refractivity contribution in [3.8, 4) is 0 Å². The molecule has 1 heterocycles. The van der Waals surface area contributed by atoms with Crippen LogP contribution in [0.15, 0.2) is 30.3 Å². The molecule has 19 heavy (non-hydrogen) atoms. The minimum atomic E-state index is -0.216. The van der Waals surface area contributed by atoms with Crippen molar-refractivity contribution < 1.29 is 5.11 Å². The molecule has 0 radical (unpaired) electrons. The predicted molar refractivity (Wildman–Crippen MR) is 80.6 cm³/mol. The van der Waals surface area contributed by atoms with E-state index in [0.29, 0.717) is 12.1 Å². The third-order valence-corrected chi connectivity index (χ3v) is 3.83. The van der Waals surface area contributed by atoms with Crippen LogP contribution in [-0.2, 0) is 0 Å². The van der Waals surface area contributed by atoms with Crippen LogP contribution in [0.25, 0.3) is 0 Å². The van der Waals surface area contributed by atoms with Gasteiger partial charge in [0.1, 0.15) is 0 Å². The summed E-state index contributed by atoms with van der Waals surface area (Å²) < 4.78 is 0. The van der Waals surface area contributed by atoms with Gasteiger partial charge in [-0.3, -0.25) is 0 Å². The van der Waals surface area contributed by atoms with E-state index in [1.807, 2.05) is 6.92 Å². The summed E-state index contributed by atoms with van der Waals surface area (Å²) in [6, 6.07) is 11.6. The molecule has 1 aliphatic rings. The number of hydrogen-bond donors (Lipinski definition) is 2. The maximum absolute atomic E-state index is 9.39. The van der Waals surface area contributed by atoms with Crippen molar-refractivity contribution in [3.63, 3.8) is 0 Å². The van der Waals surface area contributed by atoms with E-state index in [1.54, 1.807) is 0 Å². The summed E-state index contributed by atoms with van der Waals surface area (Å²) in [6.45, 7) is 6.25. The lowest BCUT2D eigenvalue weighted by atomic mass is 10.0. The van der Waals surface area contributed by atoms with Crippen LogP contribution in [0.3, 0.4) is 0 Å². The largest absolute Gasteiger partial charge is 0.393 e. The molecule has 1 saturated heterocycles. The van der Waals surface area contributed by atoms with Gasteiger partial charge < -0.3 is 15.3 Å². The first-order valence-electron chi connectivity index (χ1n) is 7.39. The van der Waals surface area contributed by atoms with E-state index < -0.39 is 0 Å². The number of nitrogens with one attached hydrogen (secondary N) is 1. The van der Waals surface area contributed by atoms with Gasteiger partial charge in [-0.1, -0.05) is 18.2 Å². The topological polar surface area (TPSA) is 35.5 Å². The summed E-state index contributed by atoms with van der Waals surface area (Å²) in [6.07, 6.45) is 2.98. The Labute approximate surface area is 116 Å². The molecular formula is C16H26N2O. The number of rotatable bonds is 5. The molecule has 0 amide bonds. The molecule has 3 nitrogen and oxygen atoms in total. The van der Waals surface area contributed by atoms with Gasteiger partial charge in [0.15, 0.2) is 0 Å². The molecule has 0 spiro atoms. The Bertz CT molecular complexity index is 358. The van der Waals surface area contributed by atoms with E-state index in [2.05, 4.69) is 47.5 Å². The van der Waals surface area contributed by atoms with E-state index in [1.165, 1.54) is 18.5 Å². The number of para-hydroxylation sites is 1. The Hall–Kier alpha value is -1.06. The Balaban J connectivity index is 1.76. The SMILES string of the molecule is CC(O)CC(C)NC1CCN(c2ccccc2)CC1. The standard InChI is InChI=1S/C16H26N2O/c1-13(12-14(2)19)17-15-8-10-18(11-9-15)16-6-4-3-5-7-16/h3-7,13-15,17,19H,8-12H2,1-2H3. The third kappa shape index (κ3) is 4.51. The van der Waals surface area contributed by atoms with Crippen LogP contribution in [0.2, 0.25) is 0 Å². The van der Waals surface area contributed by atoms with E-state index in [-0.39, 0.29) is 6.10 Å². The summed E-state index contributed by atoms with van der Waals surface area (Å²) in [5.74, 6) is 0. The fourth-order valence-electron chi connectivity index (χ4n) is 2.93. The summed E-state index contributed by atoms with van der Waals surface area (Å²) >= 11 is 0. The highest BCUT2D eigenvalue weighted by Crippen LogP contribution is 2.19. The Morgan fingerprint density at radius 1 is 1.21 bits per heavy atom. The average Bonchev–Trinajstić information content (AvgIpc) is 2.39. The van der Waals surface area contributed by atoms with Gasteiger partial charge in [-0.25, -0.2) is 0 Å². The van der Waals surface area contributed by atoms with Crippen LogP contribution in [0.4, 0.5) is 5.69 Å². The monoisotopic (exact) mass is 262 g/mol. The van der Waals surface area contributed by atoms with Crippen molar-refractivity contribution in [2.75, 3.05) is 18.0 Å². The van der Waals surface area contributed by atoms with Crippen molar-refractivity contribution in [2.24, 2.45) is 0 Å². The molecule has 1 fully saturated rings. The van der Waals surface area contributed by atoms with Gasteiger partial charge >= 0.3 is 0 Å². The number of aliphatic hydroxyl groups is 1. The Morgan fingerprint density at radius 2 is 1.84 bits per heavy atom. The molecule has 1 aromatic carbocycles. The van der Waals surface area contributed by atoms with E-state index in [9.17, 15) is 5.11 Å². The number of benzene rings is 1. The lowest BCUT2D eigenvalue weighted by molar-refractivity contribution is 0.166. The molecule has 1 aromatic rings. The molecule has 0 bridgehead atoms. The minimum Gasteiger partial charge on any atom is -0.393 e. The maximum atomic E-state index is 9.39. The minimum absolute atomic E-state index is 0.216. The van der Waals surface area contributed by atoms with Crippen molar-refractivity contribution >= 4 is 5.69 Å². The van der Waals surface area contributed by atoms with Crippen LogP contribution >= 0.6 is 0 Å². The predicted octanol–water partition coefficient (Wildman–Crippen LogP) is 2.40. The van der Waals surface area contributed by atoms with Gasteiger partial charge in [-0.15, -0.1) is 0 Å². The Morgan fingerprint density at radius 3 is 2.42 bits per heavy atom. The highest BCUT2D eigenvalue weighted by atomic mass is 16.3. The maximum Gasteiger partial charge on any atom is 0.0526 e. The van der Waals surface area contributed by atoms with Gasteiger partial charge in [0, 0.05) is 30.9 Å². The second-order valence-corrected chi connectivity index (χ2v) is 5.75. The molecule has 2 unspecified atom stereocenters. The highest BCUT2D eigenvalue weighted by molar-refractivity contribution is 5.46. The van der Waals surface area contributed by atoms with Crippen LogP contribution in [0.1, 0.15) is 33.1 Å². The lowest BCUT2D eigenvalue weighted by Gasteiger charge is -2.35. The lowest BCUT2D eigenvalue weighted by Crippen LogP contribution is -2.46. The summed E-state index contributed by atoms with van der Waals surface area (Å²) in [5.41, 5.74) is 1.33. The molecular weight excluding hydrogens is 236 g/mol. The van der Waals surface area contributed by atoms with Crippen LogP contribution in [-0.4, -0.2) is 36.4 Å². The second-order valence-electron chi connectivity index (χ2n) is 5.75. The fourth-order valence-corrected chi connectivity index (χ4v) is 2.93. The molecule has 3 heteroatoms. The molecule has 1 aliphatic heterocycles. The average molecular weight is 262 g/mol. The molecule has 2 rings (SSSR count). The number of anilines is 1. The van der Waals surface area contributed by atoms with Crippen molar-refractivity contribution in [2.45, 2.75) is 51.3 Å². The zero-order chi connectivity index (χ0) is 13.7. The normalized spacial score (nSPS) is 20.3. The smallest absolute Gasteiger partial charge is 0.0526 e. The van der Waals surface area contributed by atoms with E-state index in [4.69, 9.17) is 0 Å². The van der Waals surface area contributed by atoms with E-state index in [0.717, 1.165) is 19.5 Å². The van der Waals surface area contributed by atoms with Gasteiger partial charge in [-0.05, 0) is 45.2 Å². The summed E-state index contributed by atoms with van der Waals surface area (Å²) in [4.78, 5) is 2.46. The molecule has 2 atom stereocenters. The van der Waals surface area contributed by atoms with Crippen molar-refractivity contribution in [1.82, 2.24) is 5.32 Å². The second kappa shape index (κ2) is 6.92. The first kappa shape index (κ1) is 14.4. The third-order valence-electron chi connectivity index (χ3n) is 3.83. The first-order chi connectivity index (χ1) is 9.15. The Kier molecular flexibility index (Phi) is 5.23. The number of piperidine rings is 1. The van der Waals surface area contributed by atoms with Crippen molar-refractivity contribution in [3.05, 3.63) is 30.3 Å². The fraction of sp³-hybridized carbons (Fsp3) is 0.625. The number of aliphatic hydroxyl groups excluding tert-OH is 1. The first-order valence-corrected chi connectivity index (χ1v) is 7.39. The summed E-state index contributed by atoms with van der Waals surface area (Å²) in [7, 11) is 0. The number of hydrogen-bond acceptors (Lipinski definition) is 3. The zero-order valence-corrected chi connectivity index (χ0v) is 12.0. The van der Waals surface area contributed by atoms with Gasteiger partial charge in [0.25, 0.3) is 0 Å². The molecule has 0 saturated carbocycles. The molecule has 0 aromatic heterocycles. The molecule has 106 valence electrons. The summed E-state index contributed by atoms with van der Waals surface area (Å²) in [5, 5.41) is 13.0. The zero-order valence-electron chi connectivity index (χ0n) is 12.0. The molecule has 0 aliphatic carbocycles.